The van der Waals surface area contributed by atoms with Crippen molar-refractivity contribution >= 4 is 11.9 Å². The Kier molecular flexibility index (Phi) is 31.5. The van der Waals surface area contributed by atoms with E-state index in [4.69, 9.17) is 14.2 Å². The second-order valence-corrected chi connectivity index (χ2v) is 15.1. The Morgan fingerprint density at radius 1 is 0.460 bits per heavy atom. The van der Waals surface area contributed by atoms with E-state index in [1.54, 1.807) is 0 Å². The van der Waals surface area contributed by atoms with Gasteiger partial charge in [0.05, 0.1) is 0 Å². The summed E-state index contributed by atoms with van der Waals surface area (Å²) in [5.41, 5.74) is 0. The van der Waals surface area contributed by atoms with Crippen LogP contribution in [0.2, 0.25) is 0 Å². The topological polar surface area (TPSA) is 123 Å². The van der Waals surface area contributed by atoms with Crippen LogP contribution < -0.4 is 0 Å². The molecule has 0 saturated carbocycles. The van der Waals surface area contributed by atoms with Crippen molar-refractivity contribution in [3.63, 3.8) is 0 Å². The molecule has 0 spiro atoms. The smallest absolute Gasteiger partial charge is 0.306 e. The third-order valence-electron chi connectivity index (χ3n) is 10.3. The van der Waals surface area contributed by atoms with Gasteiger partial charge in [0.2, 0.25) is 0 Å². The first kappa shape index (κ1) is 46.8. The Morgan fingerprint density at radius 2 is 0.780 bits per heavy atom. The molecule has 1 aliphatic rings. The Balaban J connectivity index is 2.02. The molecule has 5 atom stereocenters. The Morgan fingerprint density at radius 3 is 1.14 bits per heavy atom. The minimum atomic E-state index is -1.61. The van der Waals surface area contributed by atoms with Crippen LogP contribution in [-0.2, 0) is 23.8 Å². The zero-order chi connectivity index (χ0) is 36.5. The summed E-state index contributed by atoms with van der Waals surface area (Å²) in [4.78, 5) is 24.6. The summed E-state index contributed by atoms with van der Waals surface area (Å²) >= 11 is 0. The van der Waals surface area contributed by atoms with Crippen molar-refractivity contribution in [2.24, 2.45) is 0 Å². The number of hydrogen-bond donors (Lipinski definition) is 3. The van der Waals surface area contributed by atoms with Crippen LogP contribution in [0.1, 0.15) is 219 Å². The van der Waals surface area contributed by atoms with Crippen LogP contribution >= 0.6 is 0 Å². The molecule has 0 radical (unpaired) electrons. The fourth-order valence-electron chi connectivity index (χ4n) is 6.93. The van der Waals surface area contributed by atoms with Crippen molar-refractivity contribution in [3.05, 3.63) is 0 Å². The van der Waals surface area contributed by atoms with Gasteiger partial charge in [0.25, 0.3) is 0 Å². The highest BCUT2D eigenvalue weighted by molar-refractivity contribution is 5.69. The molecule has 0 aromatic heterocycles. The molecule has 0 aromatic rings. The van der Waals surface area contributed by atoms with Crippen LogP contribution in [-0.4, -0.2) is 64.6 Å². The van der Waals surface area contributed by atoms with Gasteiger partial charge in [-0.3, -0.25) is 9.59 Å². The summed E-state index contributed by atoms with van der Waals surface area (Å²) in [7, 11) is 0. The second kappa shape index (κ2) is 33.6. The molecule has 1 saturated heterocycles. The molecule has 296 valence electrons. The highest BCUT2D eigenvalue weighted by Gasteiger charge is 2.46. The van der Waals surface area contributed by atoms with E-state index >= 15 is 0 Å². The summed E-state index contributed by atoms with van der Waals surface area (Å²) < 4.78 is 15.9. The largest absolute Gasteiger partial charge is 0.463 e. The quantitative estimate of drug-likeness (QED) is 0.0438. The van der Waals surface area contributed by atoms with Crippen LogP contribution in [0.5, 0.6) is 0 Å². The molecule has 1 rings (SSSR count). The molecule has 50 heavy (non-hydrogen) atoms. The predicted molar refractivity (Wildman–Crippen MR) is 203 cm³/mol. The second-order valence-electron chi connectivity index (χ2n) is 15.1. The number of esters is 2. The highest BCUT2D eigenvalue weighted by Crippen LogP contribution is 2.24. The van der Waals surface area contributed by atoms with E-state index in [1.165, 1.54) is 148 Å². The van der Waals surface area contributed by atoms with Crippen LogP contribution in [0.15, 0.2) is 0 Å². The van der Waals surface area contributed by atoms with E-state index in [0.29, 0.717) is 6.42 Å². The van der Waals surface area contributed by atoms with E-state index in [0.717, 1.165) is 38.5 Å². The standard InChI is InChI=1S/C42H80O8/c1-3-5-7-9-11-13-15-17-19-21-23-25-27-29-31-33-37(43)48-35-36-39(45)40(46)41(42(47)49-36)50-38(44)34-32-30-28-26-24-22-20-18-16-14-12-10-8-6-4-2/h36,39-42,45-47H,3-35H2,1-2H3/t36?,39-,40-,41?,42?/m0/s1. The third kappa shape index (κ3) is 25.7. The van der Waals surface area contributed by atoms with Gasteiger partial charge >= 0.3 is 11.9 Å². The Hall–Kier alpha value is -1.22. The number of rotatable bonds is 35. The lowest BCUT2D eigenvalue weighted by Gasteiger charge is -2.39. The van der Waals surface area contributed by atoms with Crippen molar-refractivity contribution in [2.45, 2.75) is 250 Å². The molecule has 1 aliphatic heterocycles. The fraction of sp³-hybridized carbons (Fsp3) is 0.952. The number of carbonyl (C=O) groups is 2. The van der Waals surface area contributed by atoms with Crippen molar-refractivity contribution in [1.82, 2.24) is 0 Å². The summed E-state index contributed by atoms with van der Waals surface area (Å²) in [6, 6.07) is 0. The van der Waals surface area contributed by atoms with Gasteiger partial charge in [-0.25, -0.2) is 0 Å². The number of unbranched alkanes of at least 4 members (excludes halogenated alkanes) is 28. The predicted octanol–water partition coefficient (Wildman–Crippen LogP) is 10.4. The maximum atomic E-state index is 12.4. The molecule has 0 aromatic carbocycles. The van der Waals surface area contributed by atoms with Crippen molar-refractivity contribution < 1.29 is 39.1 Å². The molecule has 3 unspecified atom stereocenters. The van der Waals surface area contributed by atoms with Crippen LogP contribution in [0.3, 0.4) is 0 Å². The number of aliphatic hydroxyl groups is 3. The van der Waals surface area contributed by atoms with Crippen molar-refractivity contribution in [1.29, 1.82) is 0 Å². The third-order valence-corrected chi connectivity index (χ3v) is 10.3. The molecule has 1 heterocycles. The van der Waals surface area contributed by atoms with Gasteiger partial charge in [-0.2, -0.15) is 0 Å². The van der Waals surface area contributed by atoms with Crippen LogP contribution in [0.25, 0.3) is 0 Å². The lowest BCUT2D eigenvalue weighted by atomic mass is 9.99. The fourth-order valence-corrected chi connectivity index (χ4v) is 6.93. The van der Waals surface area contributed by atoms with Crippen LogP contribution in [0.4, 0.5) is 0 Å². The minimum absolute atomic E-state index is 0.185. The van der Waals surface area contributed by atoms with Gasteiger partial charge in [-0.1, -0.05) is 194 Å². The molecule has 1 fully saturated rings. The van der Waals surface area contributed by atoms with E-state index in [-0.39, 0.29) is 19.4 Å². The van der Waals surface area contributed by atoms with Gasteiger partial charge in [0, 0.05) is 12.8 Å². The van der Waals surface area contributed by atoms with Gasteiger partial charge < -0.3 is 29.5 Å². The molecule has 0 amide bonds. The summed E-state index contributed by atoms with van der Waals surface area (Å²) in [5, 5.41) is 31.4. The molecular weight excluding hydrogens is 632 g/mol. The summed E-state index contributed by atoms with van der Waals surface area (Å²) in [5.74, 6) is -0.927. The average molecular weight is 713 g/mol. The lowest BCUT2D eigenvalue weighted by molar-refractivity contribution is -0.291. The normalized spacial score (nSPS) is 20.6. The minimum Gasteiger partial charge on any atom is -0.463 e. The number of ether oxygens (including phenoxy) is 3. The van der Waals surface area contributed by atoms with Gasteiger partial charge in [-0.15, -0.1) is 0 Å². The Bertz CT molecular complexity index is 775. The van der Waals surface area contributed by atoms with Crippen molar-refractivity contribution in [3.8, 4) is 0 Å². The van der Waals surface area contributed by atoms with E-state index in [2.05, 4.69) is 13.8 Å². The molecular formula is C42H80O8. The molecule has 0 bridgehead atoms. The highest BCUT2D eigenvalue weighted by atomic mass is 16.7. The summed E-state index contributed by atoms with van der Waals surface area (Å²) in [6.07, 6.45) is 30.7. The van der Waals surface area contributed by atoms with Crippen molar-refractivity contribution in [2.75, 3.05) is 6.61 Å². The SMILES string of the molecule is CCCCCCCCCCCCCCCCCC(=O)OCC1OC(O)C(OC(=O)CCCCCCCCCCCCCCCCC)[C@@H](O)[C@H]1O. The van der Waals surface area contributed by atoms with Gasteiger partial charge in [0.15, 0.2) is 12.4 Å². The Labute approximate surface area is 307 Å². The lowest BCUT2D eigenvalue weighted by Crippen LogP contribution is -2.60. The van der Waals surface area contributed by atoms with Crippen LogP contribution in [0, 0.1) is 0 Å². The number of aliphatic hydroxyl groups excluding tert-OH is 3. The van der Waals surface area contributed by atoms with E-state index in [1.807, 2.05) is 0 Å². The zero-order valence-electron chi connectivity index (χ0n) is 32.6. The number of carbonyl (C=O) groups excluding carboxylic acids is 2. The molecule has 3 N–H and O–H groups in total. The molecule has 8 heteroatoms. The van der Waals surface area contributed by atoms with E-state index in [9.17, 15) is 24.9 Å². The maximum Gasteiger partial charge on any atom is 0.306 e. The zero-order valence-corrected chi connectivity index (χ0v) is 32.6. The first-order valence-corrected chi connectivity index (χ1v) is 21.4. The van der Waals surface area contributed by atoms with E-state index < -0.39 is 42.6 Å². The summed E-state index contributed by atoms with van der Waals surface area (Å²) in [6.45, 7) is 4.23. The van der Waals surface area contributed by atoms with Gasteiger partial charge in [-0.05, 0) is 12.8 Å². The first-order valence-electron chi connectivity index (χ1n) is 21.4. The molecule has 8 nitrogen and oxygen atoms in total. The monoisotopic (exact) mass is 713 g/mol. The molecule has 0 aliphatic carbocycles. The first-order chi connectivity index (χ1) is 24.4. The van der Waals surface area contributed by atoms with Gasteiger partial charge in [0.1, 0.15) is 24.9 Å². The maximum absolute atomic E-state index is 12.4. The number of hydrogen-bond acceptors (Lipinski definition) is 8. The average Bonchev–Trinajstić information content (AvgIpc) is 3.11.